The van der Waals surface area contributed by atoms with E-state index in [1.807, 2.05) is 12.1 Å². The van der Waals surface area contributed by atoms with Gasteiger partial charge in [-0.25, -0.2) is 4.98 Å². The van der Waals surface area contributed by atoms with Gasteiger partial charge in [0.05, 0.1) is 31.4 Å². The lowest BCUT2D eigenvalue weighted by Crippen LogP contribution is -1.90. The zero-order valence-corrected chi connectivity index (χ0v) is 10.3. The molecule has 90 valence electrons. The van der Waals surface area contributed by atoms with Crippen LogP contribution in [-0.2, 0) is 5.88 Å². The largest absolute Gasteiger partial charge is 0.497 e. The van der Waals surface area contributed by atoms with Crippen molar-refractivity contribution in [2.75, 3.05) is 14.2 Å². The van der Waals surface area contributed by atoms with Crippen LogP contribution in [0.15, 0.2) is 28.9 Å². The first kappa shape index (κ1) is 11.8. The molecular weight excluding hydrogens is 242 g/mol. The van der Waals surface area contributed by atoms with Crippen LogP contribution in [0.3, 0.4) is 0 Å². The monoisotopic (exact) mass is 253 g/mol. The van der Waals surface area contributed by atoms with Crippen LogP contribution in [0, 0.1) is 0 Å². The van der Waals surface area contributed by atoms with Gasteiger partial charge in [0.25, 0.3) is 0 Å². The van der Waals surface area contributed by atoms with E-state index in [1.165, 1.54) is 6.26 Å². The Morgan fingerprint density at radius 2 is 2.12 bits per heavy atom. The van der Waals surface area contributed by atoms with Crippen molar-refractivity contribution in [1.29, 1.82) is 0 Å². The molecule has 0 unspecified atom stereocenters. The zero-order chi connectivity index (χ0) is 12.3. The van der Waals surface area contributed by atoms with Gasteiger partial charge in [-0.05, 0) is 12.1 Å². The Balaban J connectivity index is 2.43. The van der Waals surface area contributed by atoms with Crippen LogP contribution in [0.4, 0.5) is 0 Å². The van der Waals surface area contributed by atoms with Crippen molar-refractivity contribution in [3.63, 3.8) is 0 Å². The minimum atomic E-state index is 0.321. The van der Waals surface area contributed by atoms with Crippen molar-refractivity contribution in [3.05, 3.63) is 30.2 Å². The van der Waals surface area contributed by atoms with Crippen molar-refractivity contribution in [2.45, 2.75) is 5.88 Å². The third kappa shape index (κ3) is 2.36. The average molecular weight is 254 g/mol. The Morgan fingerprint density at radius 3 is 2.71 bits per heavy atom. The molecule has 0 fully saturated rings. The normalized spacial score (nSPS) is 10.3. The van der Waals surface area contributed by atoms with E-state index in [0.717, 1.165) is 11.3 Å². The first-order valence-electron chi connectivity index (χ1n) is 5.01. The number of oxazole rings is 1. The SMILES string of the molecule is COc1ccc(-c2nc(CCl)co2)c(OC)c1. The Morgan fingerprint density at radius 1 is 1.29 bits per heavy atom. The number of halogens is 1. The molecule has 1 aromatic carbocycles. The molecular formula is C12H12ClNO3. The molecule has 0 saturated carbocycles. The van der Waals surface area contributed by atoms with Gasteiger partial charge in [0.1, 0.15) is 17.8 Å². The van der Waals surface area contributed by atoms with Crippen molar-refractivity contribution in [1.82, 2.24) is 4.98 Å². The molecule has 17 heavy (non-hydrogen) atoms. The van der Waals surface area contributed by atoms with E-state index in [1.54, 1.807) is 20.3 Å². The minimum Gasteiger partial charge on any atom is -0.497 e. The van der Waals surface area contributed by atoms with Crippen LogP contribution in [-0.4, -0.2) is 19.2 Å². The molecule has 0 aliphatic carbocycles. The van der Waals surface area contributed by atoms with E-state index in [2.05, 4.69) is 4.98 Å². The summed E-state index contributed by atoms with van der Waals surface area (Å²) in [5, 5.41) is 0. The van der Waals surface area contributed by atoms with Crippen LogP contribution in [0.5, 0.6) is 11.5 Å². The number of methoxy groups -OCH3 is 2. The van der Waals surface area contributed by atoms with Crippen LogP contribution >= 0.6 is 11.6 Å². The number of hydrogen-bond acceptors (Lipinski definition) is 4. The summed E-state index contributed by atoms with van der Waals surface area (Å²) in [6.45, 7) is 0. The highest BCUT2D eigenvalue weighted by atomic mass is 35.5. The number of rotatable bonds is 4. The molecule has 0 saturated heterocycles. The second-order valence-electron chi connectivity index (χ2n) is 3.34. The summed E-state index contributed by atoms with van der Waals surface area (Å²) in [4.78, 5) is 4.24. The van der Waals surface area contributed by atoms with E-state index in [4.69, 9.17) is 25.5 Å². The van der Waals surface area contributed by atoms with E-state index in [9.17, 15) is 0 Å². The second-order valence-corrected chi connectivity index (χ2v) is 3.61. The molecule has 5 heteroatoms. The number of ether oxygens (including phenoxy) is 2. The van der Waals surface area contributed by atoms with Crippen LogP contribution < -0.4 is 9.47 Å². The lowest BCUT2D eigenvalue weighted by atomic mass is 10.2. The second kappa shape index (κ2) is 5.10. The summed E-state index contributed by atoms with van der Waals surface area (Å²) in [7, 11) is 3.19. The van der Waals surface area contributed by atoms with Crippen molar-refractivity contribution >= 4 is 11.6 Å². The number of alkyl halides is 1. The smallest absolute Gasteiger partial charge is 0.229 e. The first-order valence-corrected chi connectivity index (χ1v) is 5.54. The molecule has 1 aromatic heterocycles. The predicted octanol–water partition coefficient (Wildman–Crippen LogP) is 3.10. The highest BCUT2D eigenvalue weighted by Gasteiger charge is 2.12. The highest BCUT2D eigenvalue weighted by molar-refractivity contribution is 6.16. The Labute approximate surface area is 104 Å². The average Bonchev–Trinajstić information content (AvgIpc) is 2.86. The standard InChI is InChI=1S/C12H12ClNO3/c1-15-9-3-4-10(11(5-9)16-2)12-14-8(6-13)7-17-12/h3-5,7H,6H2,1-2H3. The van der Waals surface area contributed by atoms with Crippen LogP contribution in [0.2, 0.25) is 0 Å². The summed E-state index contributed by atoms with van der Waals surface area (Å²) in [6.07, 6.45) is 1.53. The van der Waals surface area contributed by atoms with Gasteiger partial charge < -0.3 is 13.9 Å². The van der Waals surface area contributed by atoms with Gasteiger partial charge >= 0.3 is 0 Å². The lowest BCUT2D eigenvalue weighted by Gasteiger charge is -2.07. The van der Waals surface area contributed by atoms with Crippen molar-refractivity contribution in [2.24, 2.45) is 0 Å². The first-order chi connectivity index (χ1) is 8.28. The van der Waals surface area contributed by atoms with Gasteiger partial charge in [0.15, 0.2) is 0 Å². The molecule has 0 aliphatic rings. The summed E-state index contributed by atoms with van der Waals surface area (Å²) in [5.74, 6) is 2.17. The fourth-order valence-corrected chi connectivity index (χ4v) is 1.59. The molecule has 2 aromatic rings. The van der Waals surface area contributed by atoms with Crippen LogP contribution in [0.25, 0.3) is 11.5 Å². The Hall–Kier alpha value is -1.68. The van der Waals surface area contributed by atoms with Crippen LogP contribution in [0.1, 0.15) is 5.69 Å². The Kier molecular flexibility index (Phi) is 3.54. The molecule has 1 heterocycles. The summed E-state index contributed by atoms with van der Waals surface area (Å²) in [5.41, 5.74) is 1.46. The molecule has 0 N–H and O–H groups in total. The number of hydrogen-bond donors (Lipinski definition) is 0. The molecule has 0 amide bonds. The highest BCUT2D eigenvalue weighted by Crippen LogP contribution is 2.32. The fourth-order valence-electron chi connectivity index (χ4n) is 1.47. The molecule has 0 bridgehead atoms. The van der Waals surface area contributed by atoms with Gasteiger partial charge in [-0.1, -0.05) is 0 Å². The third-order valence-electron chi connectivity index (χ3n) is 2.33. The maximum Gasteiger partial charge on any atom is 0.229 e. The van der Waals surface area contributed by atoms with Gasteiger partial charge in [0, 0.05) is 6.07 Å². The Bertz CT molecular complexity index is 510. The number of aromatic nitrogens is 1. The topological polar surface area (TPSA) is 44.5 Å². The van der Waals surface area contributed by atoms with Gasteiger partial charge in [0.2, 0.25) is 5.89 Å². The van der Waals surface area contributed by atoms with Crippen molar-refractivity contribution in [3.8, 4) is 23.0 Å². The molecule has 0 spiro atoms. The summed E-state index contributed by atoms with van der Waals surface area (Å²) >= 11 is 5.68. The molecule has 2 rings (SSSR count). The van der Waals surface area contributed by atoms with E-state index in [0.29, 0.717) is 23.2 Å². The quantitative estimate of drug-likeness (QED) is 0.786. The summed E-state index contributed by atoms with van der Waals surface area (Å²) in [6, 6.07) is 5.43. The maximum atomic E-state index is 5.68. The number of nitrogens with zero attached hydrogens (tertiary/aromatic N) is 1. The molecule has 0 radical (unpaired) electrons. The molecule has 4 nitrogen and oxygen atoms in total. The zero-order valence-electron chi connectivity index (χ0n) is 9.57. The van der Waals surface area contributed by atoms with Gasteiger partial charge in [-0.3, -0.25) is 0 Å². The molecule has 0 aliphatic heterocycles. The molecule has 0 atom stereocenters. The summed E-state index contributed by atoms with van der Waals surface area (Å²) < 4.78 is 15.7. The fraction of sp³-hybridized carbons (Fsp3) is 0.250. The lowest BCUT2D eigenvalue weighted by molar-refractivity contribution is 0.394. The third-order valence-corrected chi connectivity index (χ3v) is 2.60. The van der Waals surface area contributed by atoms with Gasteiger partial charge in [-0.2, -0.15) is 0 Å². The van der Waals surface area contributed by atoms with E-state index in [-0.39, 0.29) is 0 Å². The van der Waals surface area contributed by atoms with Gasteiger partial charge in [-0.15, -0.1) is 11.6 Å². The van der Waals surface area contributed by atoms with E-state index < -0.39 is 0 Å². The van der Waals surface area contributed by atoms with E-state index >= 15 is 0 Å². The van der Waals surface area contributed by atoms with Crippen molar-refractivity contribution < 1.29 is 13.9 Å². The minimum absolute atomic E-state index is 0.321. The predicted molar refractivity (Wildman–Crippen MR) is 64.6 cm³/mol. The number of benzene rings is 1. The maximum absolute atomic E-state index is 5.68.